The van der Waals surface area contributed by atoms with E-state index >= 15 is 0 Å². The third kappa shape index (κ3) is 2.28. The van der Waals surface area contributed by atoms with E-state index in [-0.39, 0.29) is 11.3 Å². The first kappa shape index (κ1) is 11.1. The number of hydrogen-bond acceptors (Lipinski definition) is 3. The summed E-state index contributed by atoms with van der Waals surface area (Å²) in [4.78, 5) is 22.3. The highest BCUT2D eigenvalue weighted by molar-refractivity contribution is 5.94. The van der Waals surface area contributed by atoms with Crippen LogP contribution in [-0.4, -0.2) is 29.8 Å². The Kier molecular flexibility index (Phi) is 2.99. The molecule has 0 aliphatic rings. The van der Waals surface area contributed by atoms with Crippen molar-refractivity contribution >= 4 is 11.6 Å². The summed E-state index contributed by atoms with van der Waals surface area (Å²) in [5, 5.41) is 10.4. The number of benzene rings is 1. The molecule has 0 N–H and O–H groups in total. The molecular weight excluding hydrogens is 203 g/mol. The lowest BCUT2D eigenvalue weighted by molar-refractivity contribution is -0.384. The Morgan fingerprint density at radius 1 is 1.47 bits per heavy atom. The van der Waals surface area contributed by atoms with Gasteiger partial charge in [0.1, 0.15) is 5.82 Å². The second-order valence-corrected chi connectivity index (χ2v) is 3.12. The predicted octanol–water partition coefficient (Wildman–Crippen LogP) is 1.44. The molecule has 0 aliphatic heterocycles. The molecule has 0 saturated heterocycles. The van der Waals surface area contributed by atoms with E-state index in [1.165, 1.54) is 14.1 Å². The summed E-state index contributed by atoms with van der Waals surface area (Å²) in [6.45, 7) is 0. The molecule has 80 valence electrons. The minimum atomic E-state index is -0.765. The fraction of sp³-hybridized carbons (Fsp3) is 0.222. The van der Waals surface area contributed by atoms with Gasteiger partial charge in [0.15, 0.2) is 0 Å². The van der Waals surface area contributed by atoms with Crippen LogP contribution in [0.3, 0.4) is 0 Å². The van der Waals surface area contributed by atoms with Crippen LogP contribution in [0.1, 0.15) is 10.4 Å². The van der Waals surface area contributed by atoms with Crippen LogP contribution in [0.2, 0.25) is 0 Å². The fourth-order valence-electron chi connectivity index (χ4n) is 1.03. The van der Waals surface area contributed by atoms with Gasteiger partial charge in [-0.2, -0.15) is 0 Å². The molecule has 0 spiro atoms. The second-order valence-electron chi connectivity index (χ2n) is 3.12. The van der Waals surface area contributed by atoms with Crippen LogP contribution in [0.25, 0.3) is 0 Å². The molecule has 0 atom stereocenters. The molecule has 0 heterocycles. The zero-order valence-corrected chi connectivity index (χ0v) is 8.23. The number of nitro benzene ring substituents is 1. The van der Waals surface area contributed by atoms with E-state index in [2.05, 4.69) is 0 Å². The molecule has 0 bridgehead atoms. The summed E-state index contributed by atoms with van der Waals surface area (Å²) in [5.41, 5.74) is -0.601. The summed E-state index contributed by atoms with van der Waals surface area (Å²) >= 11 is 0. The third-order valence-electron chi connectivity index (χ3n) is 1.80. The predicted molar refractivity (Wildman–Crippen MR) is 51.1 cm³/mol. The average Bonchev–Trinajstić information content (AvgIpc) is 2.16. The number of halogens is 1. The molecule has 0 fully saturated rings. The van der Waals surface area contributed by atoms with E-state index in [9.17, 15) is 19.3 Å². The molecular formula is C9H9FN2O3. The summed E-state index contributed by atoms with van der Waals surface area (Å²) < 4.78 is 13.2. The monoisotopic (exact) mass is 212 g/mol. The zero-order chi connectivity index (χ0) is 11.6. The lowest BCUT2D eigenvalue weighted by Gasteiger charge is -2.10. The molecule has 1 aromatic carbocycles. The molecule has 1 aromatic rings. The average molecular weight is 212 g/mol. The molecule has 0 saturated carbocycles. The Hall–Kier alpha value is -1.98. The molecule has 15 heavy (non-hydrogen) atoms. The van der Waals surface area contributed by atoms with Crippen molar-refractivity contribution in [3.8, 4) is 0 Å². The largest absolute Gasteiger partial charge is 0.345 e. The maximum absolute atomic E-state index is 13.2. The van der Waals surface area contributed by atoms with Crippen LogP contribution in [0.4, 0.5) is 10.1 Å². The quantitative estimate of drug-likeness (QED) is 0.550. The van der Waals surface area contributed by atoms with Crippen LogP contribution in [0.15, 0.2) is 18.2 Å². The first-order valence-corrected chi connectivity index (χ1v) is 4.09. The van der Waals surface area contributed by atoms with Gasteiger partial charge in [-0.3, -0.25) is 14.9 Å². The first-order valence-electron chi connectivity index (χ1n) is 4.09. The van der Waals surface area contributed by atoms with Gasteiger partial charge in [0, 0.05) is 26.2 Å². The van der Waals surface area contributed by atoms with Gasteiger partial charge < -0.3 is 4.90 Å². The minimum Gasteiger partial charge on any atom is -0.345 e. The highest BCUT2D eigenvalue weighted by Crippen LogP contribution is 2.17. The molecule has 0 aliphatic carbocycles. The number of carbonyl (C=O) groups excluding carboxylic acids is 1. The van der Waals surface area contributed by atoms with Gasteiger partial charge >= 0.3 is 0 Å². The number of nitro groups is 1. The summed E-state index contributed by atoms with van der Waals surface area (Å²) in [6, 6.07) is 2.86. The fourth-order valence-corrected chi connectivity index (χ4v) is 1.03. The lowest BCUT2D eigenvalue weighted by atomic mass is 10.1. The molecule has 1 rings (SSSR count). The molecule has 0 radical (unpaired) electrons. The van der Waals surface area contributed by atoms with Crippen LogP contribution in [0, 0.1) is 15.9 Å². The number of non-ortho nitro benzene ring substituents is 1. The van der Waals surface area contributed by atoms with Gasteiger partial charge in [-0.15, -0.1) is 0 Å². The third-order valence-corrected chi connectivity index (χ3v) is 1.80. The number of rotatable bonds is 2. The summed E-state index contributed by atoms with van der Waals surface area (Å²) in [6.07, 6.45) is 0. The number of nitrogens with zero attached hydrogens (tertiary/aromatic N) is 2. The molecule has 0 aromatic heterocycles. The van der Waals surface area contributed by atoms with E-state index in [1.807, 2.05) is 0 Å². The highest BCUT2D eigenvalue weighted by Gasteiger charge is 2.17. The number of hydrogen-bond donors (Lipinski definition) is 0. The van der Waals surface area contributed by atoms with Crippen molar-refractivity contribution in [1.82, 2.24) is 4.90 Å². The summed E-state index contributed by atoms with van der Waals surface area (Å²) in [7, 11) is 2.89. The topological polar surface area (TPSA) is 63.5 Å². The van der Waals surface area contributed by atoms with Gasteiger partial charge in [0.25, 0.3) is 11.6 Å². The van der Waals surface area contributed by atoms with Gasteiger partial charge in [0.2, 0.25) is 0 Å². The molecule has 1 amide bonds. The normalized spacial score (nSPS) is 9.80. The molecule has 0 unspecified atom stereocenters. The van der Waals surface area contributed by atoms with Gasteiger partial charge in [-0.05, 0) is 6.07 Å². The van der Waals surface area contributed by atoms with Gasteiger partial charge in [-0.1, -0.05) is 0 Å². The Labute approximate surface area is 85.3 Å². The molecule has 5 nitrogen and oxygen atoms in total. The van der Waals surface area contributed by atoms with E-state index in [0.29, 0.717) is 0 Å². The van der Waals surface area contributed by atoms with Gasteiger partial charge in [-0.25, -0.2) is 4.39 Å². The molecule has 6 heteroatoms. The van der Waals surface area contributed by atoms with Crippen molar-refractivity contribution in [2.24, 2.45) is 0 Å². The van der Waals surface area contributed by atoms with Crippen molar-refractivity contribution < 1.29 is 14.1 Å². The number of amides is 1. The van der Waals surface area contributed by atoms with Gasteiger partial charge in [0.05, 0.1) is 10.5 Å². The van der Waals surface area contributed by atoms with Crippen molar-refractivity contribution in [2.75, 3.05) is 14.1 Å². The maximum atomic E-state index is 13.2. The Morgan fingerprint density at radius 2 is 2.07 bits per heavy atom. The lowest BCUT2D eigenvalue weighted by Crippen LogP contribution is -2.22. The van der Waals surface area contributed by atoms with Crippen molar-refractivity contribution in [3.63, 3.8) is 0 Å². The van der Waals surface area contributed by atoms with Crippen molar-refractivity contribution in [2.45, 2.75) is 0 Å². The van der Waals surface area contributed by atoms with E-state index in [4.69, 9.17) is 0 Å². The van der Waals surface area contributed by atoms with E-state index in [1.54, 1.807) is 0 Å². The summed E-state index contributed by atoms with van der Waals surface area (Å²) in [5.74, 6) is -1.37. The Bertz CT molecular complexity index is 418. The SMILES string of the molecule is CN(C)C(=O)c1cc([N+](=O)[O-])ccc1F. The Balaban J connectivity index is 3.22. The van der Waals surface area contributed by atoms with Crippen molar-refractivity contribution in [1.29, 1.82) is 0 Å². The van der Waals surface area contributed by atoms with Crippen molar-refractivity contribution in [3.05, 3.63) is 39.7 Å². The smallest absolute Gasteiger partial charge is 0.270 e. The minimum absolute atomic E-state index is 0.297. The van der Waals surface area contributed by atoms with E-state index in [0.717, 1.165) is 23.1 Å². The first-order chi connectivity index (χ1) is 6.93. The zero-order valence-electron chi connectivity index (χ0n) is 8.23. The van der Waals surface area contributed by atoms with Crippen LogP contribution >= 0.6 is 0 Å². The van der Waals surface area contributed by atoms with Crippen LogP contribution < -0.4 is 0 Å². The van der Waals surface area contributed by atoms with Crippen LogP contribution in [-0.2, 0) is 0 Å². The van der Waals surface area contributed by atoms with Crippen LogP contribution in [0.5, 0.6) is 0 Å². The second kappa shape index (κ2) is 4.04. The maximum Gasteiger partial charge on any atom is 0.270 e. The standard InChI is InChI=1S/C9H9FN2O3/c1-11(2)9(13)7-5-6(12(14)15)3-4-8(7)10/h3-5H,1-2H3. The highest BCUT2D eigenvalue weighted by atomic mass is 19.1. The number of carbonyl (C=O) groups is 1. The Morgan fingerprint density at radius 3 is 2.53 bits per heavy atom. The van der Waals surface area contributed by atoms with E-state index < -0.39 is 16.6 Å².